The van der Waals surface area contributed by atoms with Crippen LogP contribution in [0.1, 0.15) is 13.3 Å². The molecule has 4 heteroatoms. The van der Waals surface area contributed by atoms with Gasteiger partial charge in [-0.2, -0.15) is 0 Å². The van der Waals surface area contributed by atoms with Crippen molar-refractivity contribution >= 4 is 22.8 Å². The number of allylic oxidation sites excluding steroid dienone is 2. The molecule has 13 heavy (non-hydrogen) atoms. The summed E-state index contributed by atoms with van der Waals surface area (Å²) in [5.74, 6) is -0.413. The molecule has 0 aromatic heterocycles. The Morgan fingerprint density at radius 1 is 1.62 bits per heavy atom. The van der Waals surface area contributed by atoms with Gasteiger partial charge in [0.05, 0.1) is 5.57 Å². The van der Waals surface area contributed by atoms with Gasteiger partial charge in [0, 0.05) is 13.3 Å². The molecule has 0 radical (unpaired) electrons. The molecule has 0 saturated heterocycles. The van der Waals surface area contributed by atoms with Gasteiger partial charge in [-0.3, -0.25) is 9.59 Å². The first-order valence-corrected chi connectivity index (χ1v) is 4.23. The zero-order valence-electron chi connectivity index (χ0n) is 7.12. The second-order valence-electron chi connectivity index (χ2n) is 2.66. The number of ether oxygens (including phenoxy) is 1. The monoisotopic (exact) mass is 200 g/mol. The van der Waals surface area contributed by atoms with E-state index in [-0.39, 0.29) is 0 Å². The summed E-state index contributed by atoms with van der Waals surface area (Å²) < 4.78 is 4.90. The maximum atomic E-state index is 10.9. The van der Waals surface area contributed by atoms with Crippen molar-refractivity contribution in [3.05, 3.63) is 23.8 Å². The van der Waals surface area contributed by atoms with E-state index >= 15 is 0 Å². The van der Waals surface area contributed by atoms with Gasteiger partial charge in [0.2, 0.25) is 0 Å². The van der Waals surface area contributed by atoms with Crippen molar-refractivity contribution in [1.82, 2.24) is 0 Å². The SMILES string of the molecule is CC(=O)OC1CC=CC=C1C(=O)Cl. The molecule has 1 rings (SSSR count). The van der Waals surface area contributed by atoms with Crippen molar-refractivity contribution in [1.29, 1.82) is 0 Å². The molecule has 0 aromatic carbocycles. The molecule has 1 unspecified atom stereocenters. The van der Waals surface area contributed by atoms with Gasteiger partial charge in [-0.25, -0.2) is 0 Å². The Balaban J connectivity index is 2.75. The van der Waals surface area contributed by atoms with Crippen LogP contribution in [-0.4, -0.2) is 17.3 Å². The minimum atomic E-state index is -0.574. The maximum absolute atomic E-state index is 10.9. The average Bonchev–Trinajstić information content (AvgIpc) is 2.03. The van der Waals surface area contributed by atoms with Crippen molar-refractivity contribution in [2.45, 2.75) is 19.4 Å². The number of hydrogen-bond acceptors (Lipinski definition) is 3. The largest absolute Gasteiger partial charge is 0.457 e. The number of esters is 1. The van der Waals surface area contributed by atoms with Gasteiger partial charge in [-0.05, 0) is 11.6 Å². The first-order chi connectivity index (χ1) is 6.11. The smallest absolute Gasteiger partial charge is 0.303 e. The minimum Gasteiger partial charge on any atom is -0.457 e. The highest BCUT2D eigenvalue weighted by atomic mass is 35.5. The third-order valence-corrected chi connectivity index (χ3v) is 1.86. The van der Waals surface area contributed by atoms with Gasteiger partial charge >= 0.3 is 5.97 Å². The molecule has 3 nitrogen and oxygen atoms in total. The second kappa shape index (κ2) is 4.23. The molecule has 1 aliphatic rings. The van der Waals surface area contributed by atoms with E-state index in [0.717, 1.165) is 0 Å². The normalized spacial score (nSPS) is 20.8. The fourth-order valence-electron chi connectivity index (χ4n) is 1.11. The van der Waals surface area contributed by atoms with E-state index in [2.05, 4.69) is 0 Å². The molecule has 0 aromatic rings. The van der Waals surface area contributed by atoms with Crippen molar-refractivity contribution in [2.24, 2.45) is 0 Å². The summed E-state index contributed by atoms with van der Waals surface area (Å²) in [6, 6.07) is 0. The zero-order chi connectivity index (χ0) is 9.84. The molecular formula is C9H9ClO3. The third kappa shape index (κ3) is 2.70. The number of hydrogen-bond donors (Lipinski definition) is 0. The van der Waals surface area contributed by atoms with E-state index < -0.39 is 17.3 Å². The summed E-state index contributed by atoms with van der Waals surface area (Å²) in [4.78, 5) is 21.5. The summed E-state index contributed by atoms with van der Waals surface area (Å²) in [5.41, 5.74) is 0.333. The Bertz CT molecular complexity index is 291. The second-order valence-corrected chi connectivity index (χ2v) is 3.00. The molecule has 0 bridgehead atoms. The van der Waals surface area contributed by atoms with Crippen molar-refractivity contribution in [2.75, 3.05) is 0 Å². The fourth-order valence-corrected chi connectivity index (χ4v) is 1.30. The Labute approximate surface area is 81.0 Å². The number of carbonyl (C=O) groups is 2. The van der Waals surface area contributed by atoms with E-state index in [1.165, 1.54) is 6.92 Å². The predicted molar refractivity (Wildman–Crippen MR) is 48.3 cm³/mol. The highest BCUT2D eigenvalue weighted by Gasteiger charge is 2.22. The van der Waals surface area contributed by atoms with Gasteiger partial charge in [0.25, 0.3) is 5.24 Å². The molecule has 0 amide bonds. The lowest BCUT2D eigenvalue weighted by molar-refractivity contribution is -0.144. The number of carbonyl (C=O) groups excluding carboxylic acids is 2. The maximum Gasteiger partial charge on any atom is 0.303 e. The lowest BCUT2D eigenvalue weighted by Gasteiger charge is -2.18. The van der Waals surface area contributed by atoms with E-state index in [1.807, 2.05) is 6.08 Å². The lowest BCUT2D eigenvalue weighted by atomic mass is 10.0. The van der Waals surface area contributed by atoms with Gasteiger partial charge in [-0.1, -0.05) is 18.2 Å². The topological polar surface area (TPSA) is 43.4 Å². The van der Waals surface area contributed by atoms with E-state index in [1.54, 1.807) is 12.2 Å². The first kappa shape index (κ1) is 9.99. The van der Waals surface area contributed by atoms with Crippen LogP contribution in [0.15, 0.2) is 23.8 Å². The van der Waals surface area contributed by atoms with E-state index in [9.17, 15) is 9.59 Å². The van der Waals surface area contributed by atoms with Crippen LogP contribution in [0.25, 0.3) is 0 Å². The standard InChI is InChI=1S/C9H9ClO3/c1-6(11)13-8-5-3-2-4-7(8)9(10)12/h2-4,8H,5H2,1H3. The van der Waals surface area contributed by atoms with Crippen LogP contribution in [-0.2, 0) is 14.3 Å². The van der Waals surface area contributed by atoms with E-state index in [4.69, 9.17) is 16.3 Å². The third-order valence-electron chi connectivity index (χ3n) is 1.64. The Morgan fingerprint density at radius 3 is 2.85 bits per heavy atom. The van der Waals surface area contributed by atoms with Crippen LogP contribution >= 0.6 is 11.6 Å². The molecule has 1 atom stereocenters. The van der Waals surface area contributed by atoms with E-state index in [0.29, 0.717) is 12.0 Å². The van der Waals surface area contributed by atoms with Gasteiger partial charge in [0.15, 0.2) is 0 Å². The first-order valence-electron chi connectivity index (χ1n) is 3.85. The molecule has 0 fully saturated rings. The average molecular weight is 201 g/mol. The Kier molecular flexibility index (Phi) is 3.25. The molecule has 70 valence electrons. The molecule has 0 N–H and O–H groups in total. The highest BCUT2D eigenvalue weighted by molar-refractivity contribution is 6.67. The quantitative estimate of drug-likeness (QED) is 0.502. The number of halogens is 1. The zero-order valence-corrected chi connectivity index (χ0v) is 7.88. The van der Waals surface area contributed by atoms with Crippen LogP contribution < -0.4 is 0 Å². The van der Waals surface area contributed by atoms with Crippen LogP contribution in [0, 0.1) is 0 Å². The fraction of sp³-hybridized carbons (Fsp3) is 0.333. The van der Waals surface area contributed by atoms with Gasteiger partial charge < -0.3 is 4.74 Å². The van der Waals surface area contributed by atoms with Crippen LogP contribution in [0.5, 0.6) is 0 Å². The van der Waals surface area contributed by atoms with Crippen LogP contribution in [0.4, 0.5) is 0 Å². The summed E-state index contributed by atoms with van der Waals surface area (Å²) >= 11 is 5.30. The molecule has 0 spiro atoms. The summed E-state index contributed by atoms with van der Waals surface area (Å²) in [6.45, 7) is 1.30. The molecule has 0 saturated carbocycles. The van der Waals surface area contributed by atoms with Gasteiger partial charge in [-0.15, -0.1) is 0 Å². The van der Waals surface area contributed by atoms with Crippen LogP contribution in [0.3, 0.4) is 0 Å². The molecule has 0 heterocycles. The highest BCUT2D eigenvalue weighted by Crippen LogP contribution is 2.19. The van der Waals surface area contributed by atoms with Crippen LogP contribution in [0.2, 0.25) is 0 Å². The Morgan fingerprint density at radius 2 is 2.31 bits per heavy atom. The summed E-state index contributed by atoms with van der Waals surface area (Å²) in [7, 11) is 0. The van der Waals surface area contributed by atoms with Crippen molar-refractivity contribution < 1.29 is 14.3 Å². The molecular weight excluding hydrogens is 192 g/mol. The summed E-state index contributed by atoms with van der Waals surface area (Å²) in [5, 5.41) is -0.574. The predicted octanol–water partition coefficient (Wildman–Crippen LogP) is 1.57. The molecule has 0 aliphatic heterocycles. The number of rotatable bonds is 2. The van der Waals surface area contributed by atoms with Crippen molar-refractivity contribution in [3.63, 3.8) is 0 Å². The van der Waals surface area contributed by atoms with Crippen molar-refractivity contribution in [3.8, 4) is 0 Å². The van der Waals surface area contributed by atoms with Gasteiger partial charge in [0.1, 0.15) is 6.10 Å². The summed E-state index contributed by atoms with van der Waals surface area (Å²) in [6.07, 6.45) is 5.08. The Hall–Kier alpha value is -1.09. The lowest BCUT2D eigenvalue weighted by Crippen LogP contribution is -2.22. The molecule has 1 aliphatic carbocycles. The minimum absolute atomic E-state index is 0.333.